The number of para-hydroxylation sites is 1. The number of amides is 2. The van der Waals surface area contributed by atoms with Crippen molar-refractivity contribution in [1.82, 2.24) is 0 Å². The normalized spacial score (nSPS) is 21.6. The lowest BCUT2D eigenvalue weighted by Gasteiger charge is -2.45. The van der Waals surface area contributed by atoms with Crippen LogP contribution in [0.1, 0.15) is 52.2 Å². The SMILES string of the molecule is CCOC(=O)C1=CC[C@@H](c2ccccc2)[C@H](c2ccccc2)[C@]12C(=O)N(C(=O)c1ccccc1)c1ccccc12. The Balaban J connectivity index is 1.66. The number of hydrogen-bond acceptors (Lipinski definition) is 4. The quantitative estimate of drug-likeness (QED) is 0.217. The van der Waals surface area contributed by atoms with Crippen LogP contribution in [0.3, 0.4) is 0 Å². The molecule has 198 valence electrons. The number of nitrogens with zero attached hydrogens (tertiary/aromatic N) is 1. The second-order valence-electron chi connectivity index (χ2n) is 10.1. The third-order valence-electron chi connectivity index (χ3n) is 8.09. The Labute approximate surface area is 233 Å². The number of fused-ring (bicyclic) bond motifs is 2. The molecule has 0 N–H and O–H groups in total. The van der Waals surface area contributed by atoms with Crippen LogP contribution < -0.4 is 4.90 Å². The van der Waals surface area contributed by atoms with Crippen LogP contribution in [0.5, 0.6) is 0 Å². The van der Waals surface area contributed by atoms with Gasteiger partial charge in [0.2, 0.25) is 5.91 Å². The van der Waals surface area contributed by atoms with E-state index in [1.807, 2.05) is 78.9 Å². The lowest BCUT2D eigenvalue weighted by molar-refractivity contribution is -0.141. The van der Waals surface area contributed by atoms with Gasteiger partial charge in [-0.25, -0.2) is 9.69 Å². The number of rotatable bonds is 5. The van der Waals surface area contributed by atoms with Gasteiger partial charge in [0.05, 0.1) is 17.9 Å². The maximum Gasteiger partial charge on any atom is 0.335 e. The molecule has 0 saturated carbocycles. The van der Waals surface area contributed by atoms with E-state index in [4.69, 9.17) is 4.74 Å². The van der Waals surface area contributed by atoms with Gasteiger partial charge in [-0.05, 0) is 54.2 Å². The summed E-state index contributed by atoms with van der Waals surface area (Å²) in [6.07, 6.45) is 2.40. The zero-order chi connectivity index (χ0) is 27.7. The highest BCUT2D eigenvalue weighted by Gasteiger charge is 2.64. The van der Waals surface area contributed by atoms with Crippen LogP contribution in [-0.2, 0) is 19.7 Å². The molecule has 2 aliphatic rings. The zero-order valence-corrected chi connectivity index (χ0v) is 22.2. The summed E-state index contributed by atoms with van der Waals surface area (Å²) in [5.41, 5.74) is 2.33. The van der Waals surface area contributed by atoms with E-state index in [2.05, 4.69) is 12.1 Å². The first-order valence-electron chi connectivity index (χ1n) is 13.6. The molecule has 1 aliphatic carbocycles. The predicted octanol–water partition coefficient (Wildman–Crippen LogP) is 6.57. The number of allylic oxidation sites excluding steroid dienone is 1. The van der Waals surface area contributed by atoms with Crippen molar-refractivity contribution in [3.05, 3.63) is 149 Å². The van der Waals surface area contributed by atoms with Gasteiger partial charge in [-0.2, -0.15) is 0 Å². The maximum absolute atomic E-state index is 15.1. The van der Waals surface area contributed by atoms with E-state index in [1.54, 1.807) is 37.3 Å². The Bertz CT molecular complexity index is 1600. The molecule has 0 radical (unpaired) electrons. The molecule has 5 nitrogen and oxygen atoms in total. The van der Waals surface area contributed by atoms with E-state index in [-0.39, 0.29) is 18.1 Å². The van der Waals surface area contributed by atoms with Crippen LogP contribution in [0.25, 0.3) is 0 Å². The number of carbonyl (C=O) groups excluding carboxylic acids is 3. The van der Waals surface area contributed by atoms with Crippen LogP contribution in [0, 0.1) is 0 Å². The summed E-state index contributed by atoms with van der Waals surface area (Å²) >= 11 is 0. The average molecular weight is 528 g/mol. The highest BCUT2D eigenvalue weighted by molar-refractivity contribution is 6.30. The fraction of sp³-hybridized carbons (Fsp3) is 0.171. The molecule has 0 fully saturated rings. The van der Waals surface area contributed by atoms with E-state index in [0.717, 1.165) is 11.1 Å². The van der Waals surface area contributed by atoms with Crippen LogP contribution in [0.4, 0.5) is 5.69 Å². The van der Waals surface area contributed by atoms with Gasteiger partial charge in [0, 0.05) is 11.5 Å². The van der Waals surface area contributed by atoms with Crippen LogP contribution in [0.2, 0.25) is 0 Å². The second-order valence-corrected chi connectivity index (χ2v) is 10.1. The van der Waals surface area contributed by atoms with Gasteiger partial charge in [-0.3, -0.25) is 9.59 Å². The lowest BCUT2D eigenvalue weighted by atomic mass is 9.55. The molecule has 0 aromatic heterocycles. The molecule has 4 aromatic carbocycles. The molecule has 2 amide bonds. The Hall–Kier alpha value is -4.77. The zero-order valence-electron chi connectivity index (χ0n) is 22.2. The van der Waals surface area contributed by atoms with Gasteiger partial charge in [0.1, 0.15) is 5.41 Å². The standard InChI is InChI=1S/C35H29NO4/c1-2-40-33(38)29-23-22-27(24-14-6-3-7-15-24)31(25-16-8-4-9-17-25)35(29)28-20-12-13-21-30(28)36(34(35)39)32(37)26-18-10-5-11-19-26/h3-21,23,27,31H,2,22H2,1H3/t27-,31-,35+/m0/s1. The van der Waals surface area contributed by atoms with Crippen molar-refractivity contribution >= 4 is 23.5 Å². The summed E-state index contributed by atoms with van der Waals surface area (Å²) in [6.45, 7) is 1.93. The number of ether oxygens (including phenoxy) is 1. The molecule has 1 aliphatic heterocycles. The highest BCUT2D eigenvalue weighted by Crippen LogP contribution is 2.61. The van der Waals surface area contributed by atoms with Crippen LogP contribution in [0.15, 0.2) is 127 Å². The fourth-order valence-electron chi connectivity index (χ4n) is 6.51. The van der Waals surface area contributed by atoms with Crippen molar-refractivity contribution in [2.45, 2.75) is 30.6 Å². The topological polar surface area (TPSA) is 63.7 Å². The lowest BCUT2D eigenvalue weighted by Crippen LogP contribution is -2.52. The first-order valence-corrected chi connectivity index (χ1v) is 13.6. The molecule has 4 aromatic rings. The van der Waals surface area contributed by atoms with E-state index in [0.29, 0.717) is 23.2 Å². The first kappa shape index (κ1) is 25.5. The molecule has 0 bridgehead atoms. The summed E-state index contributed by atoms with van der Waals surface area (Å²) in [5.74, 6) is -2.00. The van der Waals surface area contributed by atoms with E-state index in [9.17, 15) is 9.59 Å². The van der Waals surface area contributed by atoms with Crippen molar-refractivity contribution in [3.8, 4) is 0 Å². The summed E-state index contributed by atoms with van der Waals surface area (Å²) in [6, 6.07) is 36.1. The molecule has 0 unspecified atom stereocenters. The van der Waals surface area contributed by atoms with Crippen molar-refractivity contribution < 1.29 is 19.1 Å². The summed E-state index contributed by atoms with van der Waals surface area (Å²) in [4.78, 5) is 44.1. The summed E-state index contributed by atoms with van der Waals surface area (Å²) in [7, 11) is 0. The number of hydrogen-bond donors (Lipinski definition) is 0. The minimum absolute atomic E-state index is 0.134. The molecular weight excluding hydrogens is 498 g/mol. The summed E-state index contributed by atoms with van der Waals surface area (Å²) < 4.78 is 5.57. The number of esters is 1. The van der Waals surface area contributed by atoms with Crippen molar-refractivity contribution in [1.29, 1.82) is 0 Å². The second kappa shape index (κ2) is 10.4. The van der Waals surface area contributed by atoms with Crippen LogP contribution >= 0.6 is 0 Å². The number of anilines is 1. The Kier molecular flexibility index (Phi) is 6.64. The highest BCUT2D eigenvalue weighted by atomic mass is 16.5. The van der Waals surface area contributed by atoms with E-state index < -0.39 is 29.1 Å². The minimum atomic E-state index is -1.46. The molecule has 5 heteroatoms. The van der Waals surface area contributed by atoms with Gasteiger partial charge >= 0.3 is 5.97 Å². The van der Waals surface area contributed by atoms with E-state index >= 15 is 4.79 Å². The molecular formula is C35H29NO4. The van der Waals surface area contributed by atoms with Crippen molar-refractivity contribution in [3.63, 3.8) is 0 Å². The molecule has 3 atom stereocenters. The monoisotopic (exact) mass is 527 g/mol. The first-order chi connectivity index (χ1) is 19.6. The summed E-state index contributed by atoms with van der Waals surface area (Å²) in [5, 5.41) is 0. The maximum atomic E-state index is 15.1. The van der Waals surface area contributed by atoms with Crippen molar-refractivity contribution in [2.75, 3.05) is 11.5 Å². The third kappa shape index (κ3) is 3.89. The molecule has 0 saturated heterocycles. The number of carbonyl (C=O) groups is 3. The molecule has 6 rings (SSSR count). The van der Waals surface area contributed by atoms with Crippen molar-refractivity contribution in [2.24, 2.45) is 0 Å². The van der Waals surface area contributed by atoms with Gasteiger partial charge in [-0.15, -0.1) is 0 Å². The molecule has 40 heavy (non-hydrogen) atoms. The fourth-order valence-corrected chi connectivity index (χ4v) is 6.51. The third-order valence-corrected chi connectivity index (χ3v) is 8.09. The number of imide groups is 1. The smallest absolute Gasteiger partial charge is 0.335 e. The predicted molar refractivity (Wildman–Crippen MR) is 154 cm³/mol. The van der Waals surface area contributed by atoms with E-state index in [1.165, 1.54) is 4.90 Å². The molecule has 1 spiro atoms. The van der Waals surface area contributed by atoms with Gasteiger partial charge in [-0.1, -0.05) is 103 Å². The Morgan fingerprint density at radius 3 is 2.02 bits per heavy atom. The van der Waals surface area contributed by atoms with Gasteiger partial charge < -0.3 is 4.74 Å². The molecule has 1 heterocycles. The largest absolute Gasteiger partial charge is 0.463 e. The van der Waals surface area contributed by atoms with Gasteiger partial charge in [0.25, 0.3) is 5.91 Å². The minimum Gasteiger partial charge on any atom is -0.463 e. The Morgan fingerprint density at radius 1 is 0.800 bits per heavy atom. The number of benzene rings is 4. The average Bonchev–Trinajstić information content (AvgIpc) is 3.26. The Morgan fingerprint density at radius 2 is 1.38 bits per heavy atom. The van der Waals surface area contributed by atoms with Crippen LogP contribution in [-0.4, -0.2) is 24.4 Å². The van der Waals surface area contributed by atoms with Gasteiger partial charge in [0.15, 0.2) is 0 Å².